The van der Waals surface area contributed by atoms with Gasteiger partial charge in [-0.2, -0.15) is 0 Å². The third kappa shape index (κ3) is 5.14. The molecule has 4 nitrogen and oxygen atoms in total. The van der Waals surface area contributed by atoms with Crippen LogP contribution in [0.25, 0.3) is 0 Å². The molecule has 0 saturated heterocycles. The number of amides is 1. The zero-order valence-corrected chi connectivity index (χ0v) is 14.1. The molecule has 0 unspecified atom stereocenters. The Morgan fingerprint density at radius 1 is 1.38 bits per heavy atom. The summed E-state index contributed by atoms with van der Waals surface area (Å²) < 4.78 is 14.6. The molecule has 0 saturated carbocycles. The first kappa shape index (κ1) is 16.5. The van der Waals surface area contributed by atoms with Gasteiger partial charge in [0, 0.05) is 5.69 Å². The summed E-state index contributed by atoms with van der Waals surface area (Å²) >= 11 is 10.0. The normalized spacial score (nSPS) is 10.6. The molecule has 112 valence electrons. The summed E-state index contributed by atoms with van der Waals surface area (Å²) in [6.07, 6.45) is 0. The van der Waals surface area contributed by atoms with Crippen LogP contribution in [-0.2, 0) is 4.79 Å². The van der Waals surface area contributed by atoms with Crippen LogP contribution in [0.4, 0.5) is 10.1 Å². The molecule has 0 aliphatic rings. The molecule has 0 bridgehead atoms. The van der Waals surface area contributed by atoms with Gasteiger partial charge < -0.3 is 5.32 Å². The van der Waals surface area contributed by atoms with Crippen molar-refractivity contribution in [1.29, 1.82) is 0 Å². The van der Waals surface area contributed by atoms with Gasteiger partial charge in [-0.25, -0.2) is 4.39 Å². The predicted octanol–water partition coefficient (Wildman–Crippen LogP) is 4.17. The number of rotatable bonds is 6. The van der Waals surface area contributed by atoms with Gasteiger partial charge in [0.05, 0.1) is 10.8 Å². The Morgan fingerprint density at radius 2 is 2.10 bits per heavy atom. The molecule has 0 radical (unpaired) electrons. The van der Waals surface area contributed by atoms with Gasteiger partial charge in [-0.05, 0) is 24.0 Å². The molecule has 1 aromatic heterocycles. The fraction of sp³-hybridized carbons (Fsp3) is 0.250. The van der Waals surface area contributed by atoms with E-state index in [4.69, 9.17) is 11.6 Å². The van der Waals surface area contributed by atoms with E-state index in [-0.39, 0.29) is 16.7 Å². The number of carbonyl (C=O) groups excluding carboxylic acids is 1. The molecule has 9 heteroatoms. The number of aromatic nitrogens is 2. The third-order valence-corrected chi connectivity index (χ3v) is 5.55. The molecule has 1 heterocycles. The highest BCUT2D eigenvalue weighted by Gasteiger charge is 2.09. The van der Waals surface area contributed by atoms with Crippen LogP contribution in [0.2, 0.25) is 5.02 Å². The summed E-state index contributed by atoms with van der Waals surface area (Å²) in [5.74, 6) is 0.423. The van der Waals surface area contributed by atoms with Crippen molar-refractivity contribution in [3.05, 3.63) is 29.0 Å². The molecule has 2 rings (SSSR count). The largest absolute Gasteiger partial charge is 0.325 e. The lowest BCUT2D eigenvalue weighted by Gasteiger charge is -2.04. The second kappa shape index (κ2) is 7.98. The third-order valence-electron chi connectivity index (χ3n) is 2.19. The van der Waals surface area contributed by atoms with E-state index in [1.54, 1.807) is 11.8 Å². The highest BCUT2D eigenvalue weighted by atomic mass is 35.5. The molecule has 1 aromatic carbocycles. The van der Waals surface area contributed by atoms with Crippen LogP contribution in [0, 0.1) is 5.82 Å². The van der Waals surface area contributed by atoms with Crippen LogP contribution in [0.5, 0.6) is 0 Å². The maximum absolute atomic E-state index is 13.0. The smallest absolute Gasteiger partial charge is 0.234 e. The Hall–Kier alpha value is -0.830. The SMILES string of the molecule is CCSc1nnc(SCC(=O)Nc2ccc(F)c(Cl)c2)s1. The first-order valence-corrected chi connectivity index (χ1v) is 9.09. The van der Waals surface area contributed by atoms with Gasteiger partial charge in [0.1, 0.15) is 5.82 Å². The van der Waals surface area contributed by atoms with Crippen molar-refractivity contribution in [3.8, 4) is 0 Å². The van der Waals surface area contributed by atoms with Crippen LogP contribution in [-0.4, -0.2) is 27.6 Å². The van der Waals surface area contributed by atoms with Crippen molar-refractivity contribution in [1.82, 2.24) is 10.2 Å². The van der Waals surface area contributed by atoms with Crippen LogP contribution < -0.4 is 5.32 Å². The number of benzene rings is 1. The van der Waals surface area contributed by atoms with Gasteiger partial charge in [-0.3, -0.25) is 4.79 Å². The number of hydrogen-bond acceptors (Lipinski definition) is 6. The molecule has 21 heavy (non-hydrogen) atoms. The number of halogens is 2. The average Bonchev–Trinajstić information content (AvgIpc) is 2.89. The fourth-order valence-electron chi connectivity index (χ4n) is 1.34. The Morgan fingerprint density at radius 3 is 2.76 bits per heavy atom. The minimum Gasteiger partial charge on any atom is -0.325 e. The zero-order valence-electron chi connectivity index (χ0n) is 10.9. The van der Waals surface area contributed by atoms with Crippen molar-refractivity contribution in [2.75, 3.05) is 16.8 Å². The van der Waals surface area contributed by atoms with Crippen molar-refractivity contribution < 1.29 is 9.18 Å². The summed E-state index contributed by atoms with van der Waals surface area (Å²) in [6.45, 7) is 2.04. The number of thioether (sulfide) groups is 2. The van der Waals surface area contributed by atoms with Crippen LogP contribution in [0.3, 0.4) is 0 Å². The minimum absolute atomic E-state index is 0.0224. The number of nitrogens with one attached hydrogen (secondary N) is 1. The summed E-state index contributed by atoms with van der Waals surface area (Å²) in [5, 5.41) is 10.6. The second-order valence-corrected chi connectivity index (χ2v) is 7.85. The average molecular weight is 364 g/mol. The summed E-state index contributed by atoms with van der Waals surface area (Å²) in [4.78, 5) is 11.8. The molecular weight excluding hydrogens is 353 g/mol. The van der Waals surface area contributed by atoms with Gasteiger partial charge in [0.15, 0.2) is 8.68 Å². The van der Waals surface area contributed by atoms with Crippen LogP contribution >= 0.6 is 46.5 Å². The lowest BCUT2D eigenvalue weighted by Crippen LogP contribution is -2.13. The molecular formula is C12H11ClFN3OS3. The quantitative estimate of drug-likeness (QED) is 0.780. The number of anilines is 1. The zero-order chi connectivity index (χ0) is 15.2. The van der Waals surface area contributed by atoms with Gasteiger partial charge >= 0.3 is 0 Å². The summed E-state index contributed by atoms with van der Waals surface area (Å²) in [7, 11) is 0. The fourth-order valence-corrected chi connectivity index (χ4v) is 4.23. The van der Waals surface area contributed by atoms with Crippen molar-refractivity contribution >= 4 is 58.1 Å². The maximum Gasteiger partial charge on any atom is 0.234 e. The minimum atomic E-state index is -0.515. The van der Waals surface area contributed by atoms with E-state index in [1.807, 2.05) is 6.92 Å². The van der Waals surface area contributed by atoms with E-state index < -0.39 is 5.82 Å². The lowest BCUT2D eigenvalue weighted by molar-refractivity contribution is -0.113. The maximum atomic E-state index is 13.0. The van der Waals surface area contributed by atoms with Gasteiger partial charge in [-0.1, -0.05) is 53.4 Å². The second-order valence-electron chi connectivity index (χ2n) is 3.73. The summed E-state index contributed by atoms with van der Waals surface area (Å²) in [5.41, 5.74) is 0.464. The molecule has 1 N–H and O–H groups in total. The Kier molecular flexibility index (Phi) is 6.28. The van der Waals surface area contributed by atoms with E-state index in [0.29, 0.717) is 5.69 Å². The molecule has 0 spiro atoms. The first-order chi connectivity index (χ1) is 10.1. The molecule has 0 aliphatic carbocycles. The van der Waals surface area contributed by atoms with E-state index in [0.717, 1.165) is 14.4 Å². The van der Waals surface area contributed by atoms with Crippen molar-refractivity contribution in [3.63, 3.8) is 0 Å². The van der Waals surface area contributed by atoms with Crippen LogP contribution in [0.15, 0.2) is 26.9 Å². The molecule has 0 aliphatic heterocycles. The molecule has 0 atom stereocenters. The highest BCUT2D eigenvalue weighted by Crippen LogP contribution is 2.28. The van der Waals surface area contributed by atoms with E-state index in [2.05, 4.69) is 15.5 Å². The van der Waals surface area contributed by atoms with E-state index in [1.165, 1.54) is 41.3 Å². The highest BCUT2D eigenvalue weighted by molar-refractivity contribution is 8.03. The standard InChI is InChI=1S/C12H11ClFN3OS3/c1-2-19-11-16-17-12(21-11)20-6-10(18)15-7-3-4-9(14)8(13)5-7/h3-5H,2,6H2,1H3,(H,15,18). The predicted molar refractivity (Wildman–Crippen MR) is 87.1 cm³/mol. The monoisotopic (exact) mass is 363 g/mol. The number of hydrogen-bond donors (Lipinski definition) is 1. The Labute approximate surface area is 138 Å². The molecule has 2 aromatic rings. The van der Waals surface area contributed by atoms with Gasteiger partial charge in [-0.15, -0.1) is 10.2 Å². The first-order valence-electron chi connectivity index (χ1n) is 5.92. The molecule has 1 amide bonds. The lowest BCUT2D eigenvalue weighted by atomic mass is 10.3. The van der Waals surface area contributed by atoms with Gasteiger partial charge in [0.25, 0.3) is 0 Å². The van der Waals surface area contributed by atoms with E-state index in [9.17, 15) is 9.18 Å². The van der Waals surface area contributed by atoms with E-state index >= 15 is 0 Å². The topological polar surface area (TPSA) is 54.9 Å². The van der Waals surface area contributed by atoms with Crippen molar-refractivity contribution in [2.45, 2.75) is 15.6 Å². The Balaban J connectivity index is 1.85. The summed E-state index contributed by atoms with van der Waals surface area (Å²) in [6, 6.07) is 4.05. The van der Waals surface area contributed by atoms with Crippen LogP contribution in [0.1, 0.15) is 6.92 Å². The van der Waals surface area contributed by atoms with Crippen molar-refractivity contribution in [2.24, 2.45) is 0 Å². The number of carbonyl (C=O) groups is 1. The number of nitrogens with zero attached hydrogens (tertiary/aromatic N) is 2. The van der Waals surface area contributed by atoms with Gasteiger partial charge in [0.2, 0.25) is 5.91 Å². The molecule has 0 fully saturated rings. The Bertz CT molecular complexity index is 638.